The highest BCUT2D eigenvalue weighted by Crippen LogP contribution is 2.22. The van der Waals surface area contributed by atoms with Gasteiger partial charge in [-0.05, 0) is 31.5 Å². The Morgan fingerprint density at radius 1 is 1.39 bits per heavy atom. The van der Waals surface area contributed by atoms with Gasteiger partial charge in [-0.3, -0.25) is 0 Å². The molecule has 0 bridgehead atoms. The Hall–Kier alpha value is -1.75. The molecular formula is C13H21N3O2. The van der Waals surface area contributed by atoms with Crippen molar-refractivity contribution in [3.8, 4) is 5.75 Å². The molecule has 18 heavy (non-hydrogen) atoms. The van der Waals surface area contributed by atoms with Gasteiger partial charge in [0, 0.05) is 6.04 Å². The molecule has 0 radical (unpaired) electrons. The maximum absolute atomic E-state index is 11.8. The Bertz CT molecular complexity index is 396. The first-order chi connectivity index (χ1) is 8.58. The van der Waals surface area contributed by atoms with E-state index in [1.165, 1.54) is 0 Å². The van der Waals surface area contributed by atoms with E-state index in [1.54, 1.807) is 19.2 Å². The fourth-order valence-corrected chi connectivity index (χ4v) is 1.46. The maximum atomic E-state index is 11.8. The highest BCUT2D eigenvalue weighted by atomic mass is 16.5. The molecule has 5 nitrogen and oxygen atoms in total. The van der Waals surface area contributed by atoms with Crippen molar-refractivity contribution in [1.82, 2.24) is 5.32 Å². The number of urea groups is 1. The number of nitrogens with one attached hydrogen (secondary N) is 2. The molecule has 2 unspecified atom stereocenters. The molecular weight excluding hydrogens is 230 g/mol. The first-order valence-corrected chi connectivity index (χ1v) is 5.99. The van der Waals surface area contributed by atoms with Crippen LogP contribution in [0.4, 0.5) is 10.5 Å². The number of carbonyl (C=O) groups is 1. The van der Waals surface area contributed by atoms with E-state index >= 15 is 0 Å². The largest absolute Gasteiger partial charge is 0.495 e. The summed E-state index contributed by atoms with van der Waals surface area (Å²) >= 11 is 0. The number of anilines is 1. The molecule has 0 aliphatic rings. The van der Waals surface area contributed by atoms with Crippen molar-refractivity contribution in [2.75, 3.05) is 19.0 Å². The molecule has 5 heteroatoms. The summed E-state index contributed by atoms with van der Waals surface area (Å²) in [6, 6.07) is 7.03. The summed E-state index contributed by atoms with van der Waals surface area (Å²) in [7, 11) is 1.57. The Morgan fingerprint density at radius 2 is 2.06 bits per heavy atom. The van der Waals surface area contributed by atoms with Crippen LogP contribution in [0.25, 0.3) is 0 Å². The van der Waals surface area contributed by atoms with Gasteiger partial charge in [-0.15, -0.1) is 0 Å². The van der Waals surface area contributed by atoms with Crippen LogP contribution in [0.5, 0.6) is 5.75 Å². The van der Waals surface area contributed by atoms with Crippen LogP contribution in [0.15, 0.2) is 24.3 Å². The van der Waals surface area contributed by atoms with Gasteiger partial charge in [-0.2, -0.15) is 0 Å². The molecule has 0 aliphatic heterocycles. The molecule has 0 fully saturated rings. The lowest BCUT2D eigenvalue weighted by Gasteiger charge is -2.20. The molecule has 0 aliphatic carbocycles. The Balaban J connectivity index is 2.59. The van der Waals surface area contributed by atoms with E-state index in [-0.39, 0.29) is 18.0 Å². The molecule has 100 valence electrons. The average Bonchev–Trinajstić information content (AvgIpc) is 2.38. The predicted molar refractivity (Wildman–Crippen MR) is 72.8 cm³/mol. The van der Waals surface area contributed by atoms with Crippen LogP contribution < -0.4 is 21.1 Å². The highest BCUT2D eigenvalue weighted by molar-refractivity contribution is 5.91. The van der Waals surface area contributed by atoms with Crippen LogP contribution in [0, 0.1) is 5.92 Å². The predicted octanol–water partition coefficient (Wildman–Crippen LogP) is 1.80. The number of rotatable bonds is 5. The number of nitrogens with two attached hydrogens (primary N) is 1. The third-order valence-corrected chi connectivity index (χ3v) is 2.94. The third kappa shape index (κ3) is 3.92. The number of para-hydroxylation sites is 2. The van der Waals surface area contributed by atoms with Crippen LogP contribution in [0.3, 0.4) is 0 Å². The topological polar surface area (TPSA) is 76.4 Å². The Labute approximate surface area is 108 Å². The number of benzene rings is 1. The summed E-state index contributed by atoms with van der Waals surface area (Å²) in [5.74, 6) is 0.862. The van der Waals surface area contributed by atoms with Crippen LogP contribution in [0.2, 0.25) is 0 Å². The lowest BCUT2D eigenvalue weighted by atomic mass is 10.0. The first kappa shape index (κ1) is 14.3. The summed E-state index contributed by atoms with van der Waals surface area (Å²) in [5, 5.41) is 5.60. The smallest absolute Gasteiger partial charge is 0.319 e. The standard InChI is InChI=1S/C13H21N3O2/c1-9(8-14)10(2)15-13(17)16-11-6-4-5-7-12(11)18-3/h4-7,9-10H,8,14H2,1-3H3,(H2,15,16,17). The van der Waals surface area contributed by atoms with Gasteiger partial charge in [0.1, 0.15) is 5.75 Å². The van der Waals surface area contributed by atoms with Crippen LogP contribution in [0.1, 0.15) is 13.8 Å². The monoisotopic (exact) mass is 251 g/mol. The van der Waals surface area contributed by atoms with E-state index < -0.39 is 0 Å². The summed E-state index contributed by atoms with van der Waals surface area (Å²) < 4.78 is 5.16. The minimum absolute atomic E-state index is 0.0182. The highest BCUT2D eigenvalue weighted by Gasteiger charge is 2.14. The fourth-order valence-electron chi connectivity index (χ4n) is 1.46. The number of methoxy groups -OCH3 is 1. The second kappa shape index (κ2) is 6.86. The molecule has 2 amide bonds. The minimum atomic E-state index is -0.257. The summed E-state index contributed by atoms with van der Waals surface area (Å²) in [6.45, 7) is 4.46. The summed E-state index contributed by atoms with van der Waals surface area (Å²) in [6.07, 6.45) is 0. The van der Waals surface area contributed by atoms with E-state index in [0.29, 0.717) is 18.0 Å². The van der Waals surface area contributed by atoms with E-state index in [0.717, 1.165) is 0 Å². The zero-order chi connectivity index (χ0) is 13.5. The van der Waals surface area contributed by atoms with Crippen molar-refractivity contribution in [1.29, 1.82) is 0 Å². The van der Waals surface area contributed by atoms with Crippen molar-refractivity contribution < 1.29 is 9.53 Å². The van der Waals surface area contributed by atoms with Gasteiger partial charge in [0.05, 0.1) is 12.8 Å². The Morgan fingerprint density at radius 3 is 2.67 bits per heavy atom. The number of hydrogen-bond donors (Lipinski definition) is 3. The summed E-state index contributed by atoms with van der Waals surface area (Å²) in [5.41, 5.74) is 6.20. The first-order valence-electron chi connectivity index (χ1n) is 5.99. The average molecular weight is 251 g/mol. The molecule has 1 aromatic carbocycles. The van der Waals surface area contributed by atoms with Gasteiger partial charge in [0.15, 0.2) is 0 Å². The maximum Gasteiger partial charge on any atom is 0.319 e. The zero-order valence-corrected chi connectivity index (χ0v) is 11.1. The number of ether oxygens (including phenoxy) is 1. The molecule has 2 atom stereocenters. The van der Waals surface area contributed by atoms with Crippen molar-refractivity contribution in [2.45, 2.75) is 19.9 Å². The lowest BCUT2D eigenvalue weighted by Crippen LogP contribution is -2.41. The zero-order valence-electron chi connectivity index (χ0n) is 11.1. The second-order valence-corrected chi connectivity index (χ2v) is 4.30. The minimum Gasteiger partial charge on any atom is -0.495 e. The van der Waals surface area contributed by atoms with Crippen LogP contribution >= 0.6 is 0 Å². The SMILES string of the molecule is COc1ccccc1NC(=O)NC(C)C(C)CN. The van der Waals surface area contributed by atoms with Crippen molar-refractivity contribution >= 4 is 11.7 Å². The molecule has 0 spiro atoms. The van der Waals surface area contributed by atoms with Gasteiger partial charge < -0.3 is 21.1 Å². The Kier molecular flexibility index (Phi) is 5.45. The quantitative estimate of drug-likeness (QED) is 0.747. The summed E-state index contributed by atoms with van der Waals surface area (Å²) in [4.78, 5) is 11.8. The number of hydrogen-bond acceptors (Lipinski definition) is 3. The van der Waals surface area contributed by atoms with Crippen molar-refractivity contribution in [3.05, 3.63) is 24.3 Å². The van der Waals surface area contributed by atoms with Gasteiger partial charge in [0.25, 0.3) is 0 Å². The van der Waals surface area contributed by atoms with Crippen molar-refractivity contribution in [3.63, 3.8) is 0 Å². The molecule has 1 aromatic rings. The van der Waals surface area contributed by atoms with Gasteiger partial charge in [-0.1, -0.05) is 19.1 Å². The molecule has 4 N–H and O–H groups in total. The lowest BCUT2D eigenvalue weighted by molar-refractivity contribution is 0.245. The molecule has 0 saturated carbocycles. The van der Waals surface area contributed by atoms with Crippen LogP contribution in [-0.4, -0.2) is 25.7 Å². The fraction of sp³-hybridized carbons (Fsp3) is 0.462. The van der Waals surface area contributed by atoms with E-state index in [1.807, 2.05) is 26.0 Å². The normalized spacial score (nSPS) is 13.6. The van der Waals surface area contributed by atoms with E-state index in [2.05, 4.69) is 10.6 Å². The van der Waals surface area contributed by atoms with Crippen LogP contribution in [-0.2, 0) is 0 Å². The van der Waals surface area contributed by atoms with Crippen molar-refractivity contribution in [2.24, 2.45) is 11.7 Å². The molecule has 0 heterocycles. The van der Waals surface area contributed by atoms with Gasteiger partial charge >= 0.3 is 6.03 Å². The number of carbonyl (C=O) groups excluding carboxylic acids is 1. The number of amides is 2. The van der Waals surface area contributed by atoms with Gasteiger partial charge in [0.2, 0.25) is 0 Å². The van der Waals surface area contributed by atoms with E-state index in [4.69, 9.17) is 10.5 Å². The molecule has 0 saturated heterocycles. The molecule has 1 rings (SSSR count). The second-order valence-electron chi connectivity index (χ2n) is 4.30. The van der Waals surface area contributed by atoms with Gasteiger partial charge in [-0.25, -0.2) is 4.79 Å². The van der Waals surface area contributed by atoms with E-state index in [9.17, 15) is 4.79 Å². The molecule has 0 aromatic heterocycles. The third-order valence-electron chi connectivity index (χ3n) is 2.94.